The van der Waals surface area contributed by atoms with Gasteiger partial charge in [0.25, 0.3) is 0 Å². The van der Waals surface area contributed by atoms with Gasteiger partial charge in [-0.05, 0) is 31.0 Å². The zero-order chi connectivity index (χ0) is 17.6. The van der Waals surface area contributed by atoms with Crippen LogP contribution in [-0.2, 0) is 6.54 Å². The Hall–Kier alpha value is -2.42. The monoisotopic (exact) mass is 336 g/mol. The maximum Gasteiger partial charge on any atom is 0.146 e. The van der Waals surface area contributed by atoms with Crippen LogP contribution < -0.4 is 4.90 Å². The summed E-state index contributed by atoms with van der Waals surface area (Å²) in [4.78, 5) is 9.00. The summed E-state index contributed by atoms with van der Waals surface area (Å²) < 4.78 is 0. The second-order valence-corrected chi connectivity index (χ2v) is 6.55. The average Bonchev–Trinajstić information content (AvgIpc) is 2.65. The fourth-order valence-corrected chi connectivity index (χ4v) is 3.38. The highest BCUT2D eigenvalue weighted by molar-refractivity contribution is 5.53. The van der Waals surface area contributed by atoms with Crippen LogP contribution in [0.1, 0.15) is 23.1 Å². The summed E-state index contributed by atoms with van der Waals surface area (Å²) in [6, 6.07) is 14.7. The van der Waals surface area contributed by atoms with Crippen LogP contribution in [0.3, 0.4) is 0 Å². The Morgan fingerprint density at radius 1 is 1.24 bits per heavy atom. The van der Waals surface area contributed by atoms with Crippen molar-refractivity contribution in [2.45, 2.75) is 25.9 Å². The Morgan fingerprint density at radius 3 is 2.76 bits per heavy atom. The number of nitrogens with zero attached hydrogens (tertiary/aromatic N) is 4. The van der Waals surface area contributed by atoms with Crippen molar-refractivity contribution >= 4 is 5.82 Å². The molecule has 3 rings (SSSR count). The first kappa shape index (κ1) is 17.4. The van der Waals surface area contributed by atoms with Gasteiger partial charge in [-0.1, -0.05) is 29.8 Å². The molecular formula is C20H24N4O. The van der Waals surface area contributed by atoms with E-state index in [-0.39, 0.29) is 12.6 Å². The minimum Gasteiger partial charge on any atom is -0.396 e. The quantitative estimate of drug-likeness (QED) is 0.908. The van der Waals surface area contributed by atoms with Crippen LogP contribution in [0.2, 0.25) is 0 Å². The molecule has 1 aliphatic rings. The SMILES string of the molecule is Cc1ccc(CN2CCN(c3ncccc3C#N)C[C@H]2CCO)cc1. The van der Waals surface area contributed by atoms with Gasteiger partial charge in [-0.15, -0.1) is 0 Å². The maximum absolute atomic E-state index is 9.48. The Morgan fingerprint density at radius 2 is 2.04 bits per heavy atom. The highest BCUT2D eigenvalue weighted by atomic mass is 16.3. The largest absolute Gasteiger partial charge is 0.396 e. The smallest absolute Gasteiger partial charge is 0.146 e. The molecule has 130 valence electrons. The van der Waals surface area contributed by atoms with E-state index in [0.717, 1.165) is 38.4 Å². The number of anilines is 1. The van der Waals surface area contributed by atoms with E-state index in [4.69, 9.17) is 0 Å². The van der Waals surface area contributed by atoms with Gasteiger partial charge in [0.05, 0.1) is 5.56 Å². The Labute approximate surface area is 149 Å². The third kappa shape index (κ3) is 4.16. The number of aryl methyl sites for hydroxylation is 1. The van der Waals surface area contributed by atoms with Gasteiger partial charge in [0.1, 0.15) is 11.9 Å². The minimum atomic E-state index is 0.163. The number of piperazine rings is 1. The van der Waals surface area contributed by atoms with Gasteiger partial charge in [0.15, 0.2) is 0 Å². The van der Waals surface area contributed by atoms with Gasteiger partial charge in [0.2, 0.25) is 0 Å². The van der Waals surface area contributed by atoms with Crippen molar-refractivity contribution in [3.05, 3.63) is 59.3 Å². The lowest BCUT2D eigenvalue weighted by molar-refractivity contribution is 0.135. The molecule has 1 N–H and O–H groups in total. The number of hydrogen-bond acceptors (Lipinski definition) is 5. The molecule has 0 aliphatic carbocycles. The molecule has 5 nitrogen and oxygen atoms in total. The van der Waals surface area contributed by atoms with Crippen molar-refractivity contribution in [2.75, 3.05) is 31.1 Å². The van der Waals surface area contributed by atoms with Crippen LogP contribution >= 0.6 is 0 Å². The van der Waals surface area contributed by atoms with Crippen molar-refractivity contribution in [3.8, 4) is 6.07 Å². The summed E-state index contributed by atoms with van der Waals surface area (Å²) in [5.41, 5.74) is 3.16. The Balaban J connectivity index is 1.74. The molecule has 0 amide bonds. The van der Waals surface area contributed by atoms with Crippen LogP contribution in [-0.4, -0.2) is 47.3 Å². The summed E-state index contributed by atoms with van der Waals surface area (Å²) in [6.45, 7) is 5.64. The van der Waals surface area contributed by atoms with E-state index < -0.39 is 0 Å². The maximum atomic E-state index is 9.48. The van der Waals surface area contributed by atoms with Gasteiger partial charge in [-0.3, -0.25) is 4.90 Å². The first-order chi connectivity index (χ1) is 12.2. The zero-order valence-corrected chi connectivity index (χ0v) is 14.6. The number of aliphatic hydroxyl groups is 1. The first-order valence-corrected chi connectivity index (χ1v) is 8.72. The fourth-order valence-electron chi connectivity index (χ4n) is 3.38. The standard InChI is InChI=1S/C20H24N4O/c1-16-4-6-17(7-5-16)14-23-10-11-24(15-19(23)8-12-25)20-18(13-21)3-2-9-22-20/h2-7,9,19,25H,8,10-12,14-15H2,1H3/t19-/m1/s1. The molecule has 1 saturated heterocycles. The lowest BCUT2D eigenvalue weighted by atomic mass is 10.1. The predicted octanol–water partition coefficient (Wildman–Crippen LogP) is 2.33. The molecule has 1 aromatic carbocycles. The van der Waals surface area contributed by atoms with E-state index in [2.05, 4.69) is 52.0 Å². The lowest BCUT2D eigenvalue weighted by Crippen LogP contribution is -2.53. The number of aliphatic hydroxyl groups excluding tert-OH is 1. The summed E-state index contributed by atoms with van der Waals surface area (Å²) in [5, 5.41) is 18.8. The molecule has 0 radical (unpaired) electrons. The molecule has 1 atom stereocenters. The van der Waals surface area contributed by atoms with E-state index >= 15 is 0 Å². The van der Waals surface area contributed by atoms with Crippen molar-refractivity contribution in [1.82, 2.24) is 9.88 Å². The molecule has 0 bridgehead atoms. The van der Waals surface area contributed by atoms with E-state index in [1.807, 2.05) is 6.07 Å². The predicted molar refractivity (Wildman–Crippen MR) is 98.2 cm³/mol. The van der Waals surface area contributed by atoms with Crippen molar-refractivity contribution in [2.24, 2.45) is 0 Å². The van der Waals surface area contributed by atoms with Crippen molar-refractivity contribution in [1.29, 1.82) is 5.26 Å². The molecule has 25 heavy (non-hydrogen) atoms. The molecule has 1 aromatic heterocycles. The fraction of sp³-hybridized carbons (Fsp3) is 0.400. The molecule has 2 aromatic rings. The van der Waals surface area contributed by atoms with Crippen LogP contribution in [0, 0.1) is 18.3 Å². The summed E-state index contributed by atoms with van der Waals surface area (Å²) >= 11 is 0. The molecule has 0 saturated carbocycles. The minimum absolute atomic E-state index is 0.163. The van der Waals surface area contributed by atoms with Crippen molar-refractivity contribution in [3.63, 3.8) is 0 Å². The normalized spacial score (nSPS) is 18.1. The molecule has 1 aliphatic heterocycles. The number of benzene rings is 1. The van der Waals surface area contributed by atoms with Gasteiger partial charge >= 0.3 is 0 Å². The second kappa shape index (κ2) is 8.11. The number of rotatable bonds is 5. The molecule has 2 heterocycles. The van der Waals surface area contributed by atoms with Crippen LogP contribution in [0.4, 0.5) is 5.82 Å². The van der Waals surface area contributed by atoms with Crippen LogP contribution in [0.5, 0.6) is 0 Å². The molecular weight excluding hydrogens is 312 g/mol. The molecule has 0 spiro atoms. The molecule has 5 heteroatoms. The highest BCUT2D eigenvalue weighted by Crippen LogP contribution is 2.23. The number of hydrogen-bond donors (Lipinski definition) is 1. The molecule has 1 fully saturated rings. The summed E-state index contributed by atoms with van der Waals surface area (Å²) in [7, 11) is 0. The lowest BCUT2D eigenvalue weighted by Gasteiger charge is -2.42. The number of aromatic nitrogens is 1. The highest BCUT2D eigenvalue weighted by Gasteiger charge is 2.28. The van der Waals surface area contributed by atoms with E-state index in [1.54, 1.807) is 12.3 Å². The van der Waals surface area contributed by atoms with Gasteiger partial charge < -0.3 is 10.0 Å². The first-order valence-electron chi connectivity index (χ1n) is 8.72. The average molecular weight is 336 g/mol. The Bertz CT molecular complexity index is 738. The van der Waals surface area contributed by atoms with E-state index in [9.17, 15) is 10.4 Å². The van der Waals surface area contributed by atoms with Gasteiger partial charge in [-0.25, -0.2) is 4.98 Å². The third-order valence-electron chi connectivity index (χ3n) is 4.78. The Kier molecular flexibility index (Phi) is 5.64. The summed E-state index contributed by atoms with van der Waals surface area (Å²) in [6.07, 6.45) is 2.45. The van der Waals surface area contributed by atoms with E-state index in [0.29, 0.717) is 5.56 Å². The summed E-state index contributed by atoms with van der Waals surface area (Å²) in [5.74, 6) is 0.753. The topological polar surface area (TPSA) is 63.4 Å². The van der Waals surface area contributed by atoms with Gasteiger partial charge in [-0.2, -0.15) is 5.26 Å². The number of pyridine rings is 1. The molecule has 0 unspecified atom stereocenters. The van der Waals surface area contributed by atoms with Crippen LogP contribution in [0.25, 0.3) is 0 Å². The van der Waals surface area contributed by atoms with Crippen molar-refractivity contribution < 1.29 is 5.11 Å². The zero-order valence-electron chi connectivity index (χ0n) is 14.6. The van der Waals surface area contributed by atoms with Gasteiger partial charge in [0, 0.05) is 45.0 Å². The number of nitriles is 1. The van der Waals surface area contributed by atoms with Crippen LogP contribution in [0.15, 0.2) is 42.6 Å². The second-order valence-electron chi connectivity index (χ2n) is 6.55. The third-order valence-corrected chi connectivity index (χ3v) is 4.78. The van der Waals surface area contributed by atoms with E-state index in [1.165, 1.54) is 11.1 Å².